The number of nitrogens with one attached hydrogen (secondary N) is 1. The molecule has 0 aliphatic heterocycles. The van der Waals surface area contributed by atoms with Gasteiger partial charge in [-0.1, -0.05) is 13.5 Å². The molecule has 0 saturated heterocycles. The molecule has 0 spiro atoms. The summed E-state index contributed by atoms with van der Waals surface area (Å²) in [5.41, 5.74) is 0. The van der Waals surface area contributed by atoms with Gasteiger partial charge in [0, 0.05) is 0 Å². The molecule has 1 amide bonds. The van der Waals surface area contributed by atoms with E-state index in [1.165, 1.54) is 0 Å². The highest BCUT2D eigenvalue weighted by atomic mass is 32.2. The van der Waals surface area contributed by atoms with Gasteiger partial charge in [-0.3, -0.25) is 4.79 Å². The molecular weight excluding hydrogens is 178 g/mol. The Morgan fingerprint density at radius 2 is 2.17 bits per heavy atom. The summed E-state index contributed by atoms with van der Waals surface area (Å²) in [5.74, 6) is -0.685. The number of carbonyl (C=O) groups excluding carboxylic acids is 1. The molecule has 12 heavy (non-hydrogen) atoms. The number of hydrogen-bond acceptors (Lipinski definition) is 3. The lowest BCUT2D eigenvalue weighted by atomic mass is 10.4. The van der Waals surface area contributed by atoms with Gasteiger partial charge < -0.3 is 0 Å². The van der Waals surface area contributed by atoms with Crippen LogP contribution in [0.4, 0.5) is 0 Å². The van der Waals surface area contributed by atoms with Gasteiger partial charge in [0.25, 0.3) is 5.91 Å². The van der Waals surface area contributed by atoms with Crippen LogP contribution in [0.15, 0.2) is 12.7 Å². The van der Waals surface area contributed by atoms with Crippen molar-refractivity contribution < 1.29 is 13.2 Å². The lowest BCUT2D eigenvalue weighted by Crippen LogP contribution is -2.35. The van der Waals surface area contributed by atoms with E-state index in [1.54, 1.807) is 13.8 Å². The molecule has 0 aromatic rings. The van der Waals surface area contributed by atoms with Crippen LogP contribution in [0, 0.1) is 0 Å². The molecule has 70 valence electrons. The zero-order chi connectivity index (χ0) is 9.78. The summed E-state index contributed by atoms with van der Waals surface area (Å²) in [6.07, 6.45) is 1.40. The average molecular weight is 191 g/mol. The van der Waals surface area contributed by atoms with Crippen LogP contribution in [0.2, 0.25) is 0 Å². The van der Waals surface area contributed by atoms with E-state index in [-0.39, 0.29) is 0 Å². The van der Waals surface area contributed by atoms with Crippen LogP contribution < -0.4 is 4.72 Å². The van der Waals surface area contributed by atoms with E-state index in [4.69, 9.17) is 0 Å². The van der Waals surface area contributed by atoms with Crippen LogP contribution in [-0.2, 0) is 14.8 Å². The van der Waals surface area contributed by atoms with Gasteiger partial charge in [-0.05, 0) is 19.4 Å². The standard InChI is InChI=1S/C7H13NO3S/c1-4-6(3)12(10,11)8-7(9)5-2/h5-6H,2,4H2,1,3H3,(H,8,9). The second-order valence-corrected chi connectivity index (χ2v) is 4.53. The van der Waals surface area contributed by atoms with E-state index in [9.17, 15) is 13.2 Å². The summed E-state index contributed by atoms with van der Waals surface area (Å²) in [6.45, 7) is 6.43. The fourth-order valence-electron chi connectivity index (χ4n) is 0.502. The molecule has 5 heteroatoms. The Morgan fingerprint density at radius 3 is 2.50 bits per heavy atom. The minimum atomic E-state index is -3.49. The Labute approximate surface area is 72.7 Å². The van der Waals surface area contributed by atoms with Crippen LogP contribution in [-0.4, -0.2) is 19.6 Å². The maximum Gasteiger partial charge on any atom is 0.256 e. The van der Waals surface area contributed by atoms with Gasteiger partial charge in [0.2, 0.25) is 10.0 Å². The largest absolute Gasteiger partial charge is 0.269 e. The van der Waals surface area contributed by atoms with Crippen molar-refractivity contribution in [1.29, 1.82) is 0 Å². The maximum atomic E-state index is 11.2. The smallest absolute Gasteiger partial charge is 0.256 e. The van der Waals surface area contributed by atoms with Gasteiger partial charge in [-0.2, -0.15) is 0 Å². The summed E-state index contributed by atoms with van der Waals surface area (Å²) in [4.78, 5) is 10.6. The van der Waals surface area contributed by atoms with Crippen molar-refractivity contribution in [2.24, 2.45) is 0 Å². The molecular formula is C7H13NO3S. The predicted molar refractivity (Wildman–Crippen MR) is 47.0 cm³/mol. The van der Waals surface area contributed by atoms with Gasteiger partial charge in [0.05, 0.1) is 5.25 Å². The van der Waals surface area contributed by atoms with Crippen molar-refractivity contribution in [3.05, 3.63) is 12.7 Å². The molecule has 0 aromatic heterocycles. The number of carbonyl (C=O) groups is 1. The molecule has 0 aromatic carbocycles. The number of rotatable bonds is 4. The lowest BCUT2D eigenvalue weighted by Gasteiger charge is -2.09. The fourth-order valence-corrected chi connectivity index (χ4v) is 1.51. The summed E-state index contributed by atoms with van der Waals surface area (Å²) >= 11 is 0. The second-order valence-electron chi connectivity index (χ2n) is 2.43. The van der Waals surface area contributed by atoms with Crippen molar-refractivity contribution in [2.75, 3.05) is 0 Å². The normalized spacial score (nSPS) is 13.5. The van der Waals surface area contributed by atoms with E-state index in [0.717, 1.165) is 6.08 Å². The van der Waals surface area contributed by atoms with Gasteiger partial charge >= 0.3 is 0 Å². The minimum Gasteiger partial charge on any atom is -0.269 e. The van der Waals surface area contributed by atoms with Gasteiger partial charge in [0.15, 0.2) is 0 Å². The number of hydrogen-bond donors (Lipinski definition) is 1. The highest BCUT2D eigenvalue weighted by Crippen LogP contribution is 2.01. The molecule has 1 atom stereocenters. The van der Waals surface area contributed by atoms with Gasteiger partial charge in [-0.15, -0.1) is 0 Å². The molecule has 4 nitrogen and oxygen atoms in total. The van der Waals surface area contributed by atoms with Crippen molar-refractivity contribution in [3.63, 3.8) is 0 Å². The molecule has 0 bridgehead atoms. The first-order chi connectivity index (χ1) is 5.44. The van der Waals surface area contributed by atoms with Crippen molar-refractivity contribution in [1.82, 2.24) is 4.72 Å². The third-order valence-electron chi connectivity index (χ3n) is 1.53. The number of amides is 1. The molecule has 0 aliphatic rings. The Bertz CT molecular complexity index is 268. The van der Waals surface area contributed by atoms with Crippen LogP contribution >= 0.6 is 0 Å². The highest BCUT2D eigenvalue weighted by molar-refractivity contribution is 7.90. The van der Waals surface area contributed by atoms with Gasteiger partial charge in [0.1, 0.15) is 0 Å². The van der Waals surface area contributed by atoms with Crippen LogP contribution in [0.3, 0.4) is 0 Å². The highest BCUT2D eigenvalue weighted by Gasteiger charge is 2.19. The summed E-state index contributed by atoms with van der Waals surface area (Å²) in [7, 11) is -3.49. The van der Waals surface area contributed by atoms with E-state index < -0.39 is 21.2 Å². The first-order valence-electron chi connectivity index (χ1n) is 3.62. The Kier molecular flexibility index (Phi) is 3.95. The zero-order valence-electron chi connectivity index (χ0n) is 7.20. The van der Waals surface area contributed by atoms with Crippen molar-refractivity contribution >= 4 is 15.9 Å². The van der Waals surface area contributed by atoms with E-state index in [1.807, 2.05) is 4.72 Å². The molecule has 0 radical (unpaired) electrons. The third kappa shape index (κ3) is 3.04. The van der Waals surface area contributed by atoms with Crippen molar-refractivity contribution in [3.8, 4) is 0 Å². The maximum absolute atomic E-state index is 11.2. The molecule has 0 aliphatic carbocycles. The Hall–Kier alpha value is -0.840. The molecule has 1 unspecified atom stereocenters. The van der Waals surface area contributed by atoms with Crippen molar-refractivity contribution in [2.45, 2.75) is 25.5 Å². The summed E-state index contributed by atoms with van der Waals surface area (Å²) < 4.78 is 24.2. The van der Waals surface area contributed by atoms with Gasteiger partial charge in [-0.25, -0.2) is 13.1 Å². The molecule has 0 rings (SSSR count). The SMILES string of the molecule is C=CC(=O)NS(=O)(=O)C(C)CC. The molecule has 0 saturated carbocycles. The minimum absolute atomic E-state index is 0.472. The average Bonchev–Trinajstić information content (AvgIpc) is 2.02. The first kappa shape index (κ1) is 11.2. The van der Waals surface area contributed by atoms with Crippen LogP contribution in [0.1, 0.15) is 20.3 Å². The van der Waals surface area contributed by atoms with Crippen LogP contribution in [0.5, 0.6) is 0 Å². The monoisotopic (exact) mass is 191 g/mol. The Balaban J connectivity index is 4.44. The molecule has 1 N–H and O–H groups in total. The topological polar surface area (TPSA) is 63.2 Å². The predicted octanol–water partition coefficient (Wildman–Crippen LogP) is 0.417. The summed E-state index contributed by atoms with van der Waals surface area (Å²) in [6, 6.07) is 0. The van der Waals surface area contributed by atoms with E-state index in [0.29, 0.717) is 6.42 Å². The van der Waals surface area contributed by atoms with Crippen LogP contribution in [0.25, 0.3) is 0 Å². The lowest BCUT2D eigenvalue weighted by molar-refractivity contribution is -0.114. The quantitative estimate of drug-likeness (QED) is 0.655. The van der Waals surface area contributed by atoms with E-state index in [2.05, 4.69) is 6.58 Å². The number of sulfonamides is 1. The zero-order valence-corrected chi connectivity index (χ0v) is 8.02. The fraction of sp³-hybridized carbons (Fsp3) is 0.571. The third-order valence-corrected chi connectivity index (χ3v) is 3.41. The molecule has 0 fully saturated rings. The molecule has 0 heterocycles. The Morgan fingerprint density at radius 1 is 1.67 bits per heavy atom. The van der Waals surface area contributed by atoms with E-state index >= 15 is 0 Å². The summed E-state index contributed by atoms with van der Waals surface area (Å²) in [5, 5.41) is -0.554. The first-order valence-corrected chi connectivity index (χ1v) is 5.16. The second kappa shape index (κ2) is 4.25.